The Balaban J connectivity index is 4.33. The van der Waals surface area contributed by atoms with Gasteiger partial charge < -0.3 is 9.47 Å². The summed E-state index contributed by atoms with van der Waals surface area (Å²) in [5, 5.41) is 0. The number of carbonyl (C=O) groups is 2. The summed E-state index contributed by atoms with van der Waals surface area (Å²) in [4.78, 5) is 33.7. The molecule has 0 rings (SSSR count). The molecule has 6 nitrogen and oxygen atoms in total. The highest BCUT2D eigenvalue weighted by molar-refractivity contribution is 5.91. The van der Waals surface area contributed by atoms with Gasteiger partial charge in [-0.2, -0.15) is 0 Å². The Labute approximate surface area is 139 Å². The lowest BCUT2D eigenvalue weighted by atomic mass is 10.0. The number of hydrogen-bond donors (Lipinski definition) is 0. The fourth-order valence-corrected chi connectivity index (χ4v) is 1.62. The first-order valence-corrected chi connectivity index (χ1v) is 7.93. The van der Waals surface area contributed by atoms with Crippen molar-refractivity contribution in [3.63, 3.8) is 0 Å². The normalized spacial score (nSPS) is 13.9. The molecular formula is C17H30O6. The van der Waals surface area contributed by atoms with Crippen LogP contribution >= 0.6 is 0 Å². The summed E-state index contributed by atoms with van der Waals surface area (Å²) < 4.78 is 9.89. The molecule has 0 spiro atoms. The molecule has 134 valence electrons. The molecule has 0 saturated heterocycles. The van der Waals surface area contributed by atoms with E-state index in [0.717, 1.165) is 18.6 Å². The lowest BCUT2D eigenvalue weighted by Crippen LogP contribution is -2.35. The Kier molecular flexibility index (Phi) is 9.09. The summed E-state index contributed by atoms with van der Waals surface area (Å²) in [6.07, 6.45) is 2.97. The van der Waals surface area contributed by atoms with Gasteiger partial charge in [0.1, 0.15) is 11.7 Å². The smallest absolute Gasteiger partial charge is 0.331 e. The zero-order chi connectivity index (χ0) is 18.1. The molecule has 0 aliphatic heterocycles. The van der Waals surface area contributed by atoms with E-state index in [1.54, 1.807) is 13.8 Å². The first-order chi connectivity index (χ1) is 10.5. The Hall–Kier alpha value is -1.40. The first kappa shape index (κ1) is 21.6. The van der Waals surface area contributed by atoms with E-state index in [4.69, 9.17) is 14.5 Å². The molecule has 0 aliphatic carbocycles. The van der Waals surface area contributed by atoms with Crippen molar-refractivity contribution in [3.8, 4) is 0 Å². The largest absolute Gasteiger partial charge is 0.463 e. The minimum Gasteiger partial charge on any atom is -0.463 e. The van der Waals surface area contributed by atoms with Crippen LogP contribution in [-0.4, -0.2) is 35.9 Å². The molecule has 1 unspecified atom stereocenters. The summed E-state index contributed by atoms with van der Waals surface area (Å²) in [6.45, 7) is 13.3. The van der Waals surface area contributed by atoms with Gasteiger partial charge in [-0.1, -0.05) is 6.92 Å². The van der Waals surface area contributed by atoms with Crippen molar-refractivity contribution in [2.45, 2.75) is 78.6 Å². The monoisotopic (exact) mass is 330 g/mol. The number of hydrogen-bond acceptors (Lipinski definition) is 6. The van der Waals surface area contributed by atoms with E-state index in [-0.39, 0.29) is 12.2 Å². The number of carbonyl (C=O) groups excluding carboxylic acids is 2. The maximum absolute atomic E-state index is 11.6. The van der Waals surface area contributed by atoms with Crippen LogP contribution in [0.15, 0.2) is 12.2 Å². The van der Waals surface area contributed by atoms with Crippen LogP contribution in [-0.2, 0) is 28.8 Å². The molecule has 0 aromatic carbocycles. The van der Waals surface area contributed by atoms with Crippen LogP contribution in [0.3, 0.4) is 0 Å². The first-order valence-electron chi connectivity index (χ1n) is 7.93. The molecule has 0 aromatic rings. The molecular weight excluding hydrogens is 300 g/mol. The third-order valence-corrected chi connectivity index (χ3v) is 3.08. The van der Waals surface area contributed by atoms with E-state index in [0.29, 0.717) is 6.42 Å². The summed E-state index contributed by atoms with van der Waals surface area (Å²) in [7, 11) is 0. The topological polar surface area (TPSA) is 71.1 Å². The minimum absolute atomic E-state index is 0.258. The van der Waals surface area contributed by atoms with Gasteiger partial charge in [0.05, 0.1) is 12.2 Å². The highest BCUT2D eigenvalue weighted by Crippen LogP contribution is 2.23. The highest BCUT2D eigenvalue weighted by atomic mass is 17.2. The van der Waals surface area contributed by atoms with Crippen molar-refractivity contribution >= 4 is 11.9 Å². The van der Waals surface area contributed by atoms with Gasteiger partial charge >= 0.3 is 11.9 Å². The van der Waals surface area contributed by atoms with Gasteiger partial charge in [-0.15, -0.1) is 0 Å². The Morgan fingerprint density at radius 1 is 0.957 bits per heavy atom. The maximum Gasteiger partial charge on any atom is 0.331 e. The van der Waals surface area contributed by atoms with E-state index in [1.807, 2.05) is 34.6 Å². The molecule has 0 aromatic heterocycles. The summed E-state index contributed by atoms with van der Waals surface area (Å²) >= 11 is 0. The third-order valence-electron chi connectivity index (χ3n) is 3.08. The van der Waals surface area contributed by atoms with Crippen molar-refractivity contribution < 1.29 is 28.8 Å². The van der Waals surface area contributed by atoms with Gasteiger partial charge in [-0.3, -0.25) is 0 Å². The second-order valence-electron chi connectivity index (χ2n) is 6.58. The second-order valence-corrected chi connectivity index (χ2v) is 6.58. The molecule has 0 N–H and O–H groups in total. The average molecular weight is 330 g/mol. The van der Waals surface area contributed by atoms with Gasteiger partial charge in [0.2, 0.25) is 0 Å². The van der Waals surface area contributed by atoms with Crippen LogP contribution < -0.4 is 0 Å². The molecule has 0 radical (unpaired) electrons. The number of esters is 2. The van der Waals surface area contributed by atoms with Crippen molar-refractivity contribution in [1.29, 1.82) is 0 Å². The van der Waals surface area contributed by atoms with Gasteiger partial charge in [0.15, 0.2) is 0 Å². The van der Waals surface area contributed by atoms with Crippen molar-refractivity contribution in [2.24, 2.45) is 0 Å². The van der Waals surface area contributed by atoms with Gasteiger partial charge in [0, 0.05) is 18.6 Å². The third kappa shape index (κ3) is 10.9. The quantitative estimate of drug-likeness (QED) is 0.265. The van der Waals surface area contributed by atoms with E-state index < -0.39 is 23.6 Å². The minimum atomic E-state index is -0.614. The van der Waals surface area contributed by atoms with Gasteiger partial charge in [0.25, 0.3) is 0 Å². The molecule has 0 amide bonds. The molecule has 23 heavy (non-hydrogen) atoms. The fourth-order valence-electron chi connectivity index (χ4n) is 1.62. The predicted molar refractivity (Wildman–Crippen MR) is 86.6 cm³/mol. The number of ether oxygens (including phenoxy) is 2. The van der Waals surface area contributed by atoms with Crippen molar-refractivity contribution in [3.05, 3.63) is 12.2 Å². The molecule has 0 heterocycles. The summed E-state index contributed by atoms with van der Waals surface area (Å²) in [5.41, 5.74) is -0.990. The Bertz CT molecular complexity index is 411. The zero-order valence-corrected chi connectivity index (χ0v) is 15.3. The lowest BCUT2D eigenvalue weighted by Gasteiger charge is -2.31. The summed E-state index contributed by atoms with van der Waals surface area (Å²) in [5.74, 6) is -1.17. The van der Waals surface area contributed by atoms with Crippen LogP contribution in [0.5, 0.6) is 0 Å². The highest BCUT2D eigenvalue weighted by Gasteiger charge is 2.28. The molecule has 0 fully saturated rings. The van der Waals surface area contributed by atoms with Crippen molar-refractivity contribution in [2.75, 3.05) is 6.61 Å². The second kappa shape index (κ2) is 9.67. The number of rotatable bonds is 10. The zero-order valence-electron chi connectivity index (χ0n) is 15.3. The predicted octanol–water partition coefficient (Wildman–Crippen LogP) is 3.34. The fraction of sp³-hybridized carbons (Fsp3) is 0.765. The molecule has 1 atom stereocenters. The van der Waals surface area contributed by atoms with E-state index >= 15 is 0 Å². The molecule has 6 heteroatoms. The SMILES string of the molecule is CCOC(=O)/C=C/C(=O)OC(C)CC(C)(C)OOC(C)(C)CC. The standard InChI is InChI=1S/C17H30O6/c1-8-16(4,5)22-23-17(6,7)12-13(3)21-15(19)11-10-14(18)20-9-2/h10-11,13H,8-9,12H2,1-7H3/b11-10+. The van der Waals surface area contributed by atoms with Crippen molar-refractivity contribution in [1.82, 2.24) is 0 Å². The lowest BCUT2D eigenvalue weighted by molar-refractivity contribution is -0.403. The average Bonchev–Trinajstić information content (AvgIpc) is 2.43. The van der Waals surface area contributed by atoms with Crippen LogP contribution in [0.1, 0.15) is 61.3 Å². The van der Waals surface area contributed by atoms with Crippen LogP contribution in [0, 0.1) is 0 Å². The summed E-state index contributed by atoms with van der Waals surface area (Å²) in [6, 6.07) is 0. The molecule has 0 aliphatic rings. The maximum atomic E-state index is 11.6. The molecule has 0 bridgehead atoms. The van der Waals surface area contributed by atoms with E-state index in [2.05, 4.69) is 4.74 Å². The van der Waals surface area contributed by atoms with E-state index in [9.17, 15) is 9.59 Å². The Morgan fingerprint density at radius 2 is 1.48 bits per heavy atom. The van der Waals surface area contributed by atoms with Crippen LogP contribution in [0.2, 0.25) is 0 Å². The van der Waals surface area contributed by atoms with Crippen LogP contribution in [0.25, 0.3) is 0 Å². The van der Waals surface area contributed by atoms with Gasteiger partial charge in [-0.05, 0) is 48.0 Å². The Morgan fingerprint density at radius 3 is 2.00 bits per heavy atom. The van der Waals surface area contributed by atoms with Gasteiger partial charge in [-0.25, -0.2) is 19.4 Å². The van der Waals surface area contributed by atoms with Crippen LogP contribution in [0.4, 0.5) is 0 Å². The molecule has 0 saturated carbocycles. The van der Waals surface area contributed by atoms with E-state index in [1.165, 1.54) is 0 Å².